The SMILES string of the molecule is Cc1ccc(N2CCN(C(=O)c3ccc(Cl)cc3)CC2)cc1SCC(F)(F)F. The van der Waals surface area contributed by atoms with Crippen LogP contribution in [-0.4, -0.2) is 48.9 Å². The van der Waals surface area contributed by atoms with Crippen LogP contribution in [-0.2, 0) is 0 Å². The van der Waals surface area contributed by atoms with Gasteiger partial charge in [0.2, 0.25) is 0 Å². The summed E-state index contributed by atoms with van der Waals surface area (Å²) in [6.07, 6.45) is -4.19. The molecule has 8 heteroatoms. The largest absolute Gasteiger partial charge is 0.398 e. The van der Waals surface area contributed by atoms with E-state index in [9.17, 15) is 18.0 Å². The monoisotopic (exact) mass is 428 g/mol. The van der Waals surface area contributed by atoms with Crippen molar-refractivity contribution in [3.8, 4) is 0 Å². The summed E-state index contributed by atoms with van der Waals surface area (Å²) in [5.74, 6) is -0.942. The van der Waals surface area contributed by atoms with E-state index in [0.29, 0.717) is 41.7 Å². The Morgan fingerprint density at radius 3 is 2.32 bits per heavy atom. The molecule has 1 heterocycles. The molecule has 2 aromatic rings. The summed E-state index contributed by atoms with van der Waals surface area (Å²) in [7, 11) is 0. The van der Waals surface area contributed by atoms with Crippen molar-refractivity contribution in [3.63, 3.8) is 0 Å². The minimum absolute atomic E-state index is 0.0401. The van der Waals surface area contributed by atoms with Crippen molar-refractivity contribution < 1.29 is 18.0 Å². The standard InChI is InChI=1S/C20H20ClF3N2OS/c1-14-2-7-17(12-18(14)28-13-20(22,23)24)25-8-10-26(11-9-25)19(27)15-3-5-16(21)6-4-15/h2-7,12H,8-11,13H2,1H3. The fourth-order valence-corrected chi connectivity index (χ4v) is 3.99. The number of amides is 1. The molecule has 0 radical (unpaired) electrons. The second-order valence-corrected chi connectivity index (χ2v) is 8.09. The first-order valence-corrected chi connectivity index (χ1v) is 10.2. The van der Waals surface area contributed by atoms with E-state index in [-0.39, 0.29) is 5.91 Å². The number of carbonyl (C=O) groups excluding carboxylic acids is 1. The van der Waals surface area contributed by atoms with Crippen LogP contribution in [0.5, 0.6) is 0 Å². The second-order valence-electron chi connectivity index (χ2n) is 6.64. The summed E-state index contributed by atoms with van der Waals surface area (Å²) >= 11 is 6.67. The lowest BCUT2D eigenvalue weighted by molar-refractivity contribution is -0.105. The van der Waals surface area contributed by atoms with Gasteiger partial charge in [-0.1, -0.05) is 17.7 Å². The summed E-state index contributed by atoms with van der Waals surface area (Å²) < 4.78 is 37.6. The van der Waals surface area contributed by atoms with Gasteiger partial charge in [-0.2, -0.15) is 13.2 Å². The number of anilines is 1. The van der Waals surface area contributed by atoms with Crippen molar-refractivity contribution in [2.24, 2.45) is 0 Å². The predicted octanol–water partition coefficient (Wildman–Crippen LogP) is 5.27. The quantitative estimate of drug-likeness (QED) is 0.620. The molecule has 0 aliphatic carbocycles. The van der Waals surface area contributed by atoms with E-state index in [0.717, 1.165) is 23.0 Å². The highest BCUT2D eigenvalue weighted by molar-refractivity contribution is 7.99. The lowest BCUT2D eigenvalue weighted by atomic mass is 10.1. The minimum Gasteiger partial charge on any atom is -0.368 e. The van der Waals surface area contributed by atoms with Gasteiger partial charge in [-0.15, -0.1) is 11.8 Å². The number of alkyl halides is 3. The first kappa shape index (κ1) is 20.9. The molecule has 1 aliphatic heterocycles. The molecule has 150 valence electrons. The maximum atomic E-state index is 12.6. The van der Waals surface area contributed by atoms with Crippen LogP contribution in [0, 0.1) is 6.92 Å². The topological polar surface area (TPSA) is 23.6 Å². The Bertz CT molecular complexity index is 834. The van der Waals surface area contributed by atoms with Gasteiger partial charge in [0.05, 0.1) is 5.75 Å². The molecule has 0 atom stereocenters. The second kappa shape index (κ2) is 8.66. The van der Waals surface area contributed by atoms with Crippen LogP contribution in [0.25, 0.3) is 0 Å². The molecule has 3 nitrogen and oxygen atoms in total. The van der Waals surface area contributed by atoms with Crippen molar-refractivity contribution >= 4 is 35.0 Å². The summed E-state index contributed by atoms with van der Waals surface area (Å²) in [4.78, 5) is 17.1. The van der Waals surface area contributed by atoms with Gasteiger partial charge in [0.25, 0.3) is 5.91 Å². The number of thioether (sulfide) groups is 1. The fraction of sp³-hybridized carbons (Fsp3) is 0.350. The molecule has 1 saturated heterocycles. The van der Waals surface area contributed by atoms with Crippen LogP contribution in [0.1, 0.15) is 15.9 Å². The average molecular weight is 429 g/mol. The number of piperazine rings is 1. The molecule has 0 saturated carbocycles. The Hall–Kier alpha value is -1.86. The molecule has 0 bridgehead atoms. The summed E-state index contributed by atoms with van der Waals surface area (Å²) in [6.45, 7) is 4.18. The highest BCUT2D eigenvalue weighted by Crippen LogP contribution is 2.32. The highest BCUT2D eigenvalue weighted by Gasteiger charge is 2.28. The molecule has 0 aromatic heterocycles. The van der Waals surface area contributed by atoms with Crippen molar-refractivity contribution in [1.82, 2.24) is 4.90 Å². The number of hydrogen-bond donors (Lipinski definition) is 0. The normalized spacial score (nSPS) is 15.0. The molecule has 28 heavy (non-hydrogen) atoms. The minimum atomic E-state index is -4.19. The number of benzene rings is 2. The maximum Gasteiger partial charge on any atom is 0.398 e. The molecule has 3 rings (SSSR count). The Balaban J connectivity index is 1.63. The fourth-order valence-electron chi connectivity index (χ4n) is 3.04. The number of halogens is 4. The Morgan fingerprint density at radius 2 is 1.71 bits per heavy atom. The van der Waals surface area contributed by atoms with Crippen LogP contribution in [0.3, 0.4) is 0 Å². The van der Waals surface area contributed by atoms with Gasteiger partial charge < -0.3 is 9.80 Å². The number of carbonyl (C=O) groups is 1. The van der Waals surface area contributed by atoms with Gasteiger partial charge in [0.15, 0.2) is 0 Å². The molecular formula is C20H20ClF3N2OS. The molecule has 1 fully saturated rings. The Morgan fingerprint density at radius 1 is 1.07 bits per heavy atom. The van der Waals surface area contributed by atoms with Crippen molar-refractivity contribution in [3.05, 3.63) is 58.6 Å². The molecule has 0 N–H and O–H groups in total. The van der Waals surface area contributed by atoms with Crippen LogP contribution in [0.15, 0.2) is 47.4 Å². The lowest BCUT2D eigenvalue weighted by Crippen LogP contribution is -2.48. The molecule has 1 aliphatic rings. The van der Waals surface area contributed by atoms with Crippen LogP contribution in [0.4, 0.5) is 18.9 Å². The molecule has 0 unspecified atom stereocenters. The van der Waals surface area contributed by atoms with Gasteiger partial charge in [-0.25, -0.2) is 0 Å². The first-order valence-electron chi connectivity index (χ1n) is 8.83. The van der Waals surface area contributed by atoms with E-state index in [1.807, 2.05) is 25.1 Å². The zero-order valence-electron chi connectivity index (χ0n) is 15.3. The first-order chi connectivity index (χ1) is 13.2. The van der Waals surface area contributed by atoms with Crippen LogP contribution < -0.4 is 4.90 Å². The van der Waals surface area contributed by atoms with Crippen molar-refractivity contribution in [2.75, 3.05) is 36.8 Å². The zero-order valence-corrected chi connectivity index (χ0v) is 16.9. The van der Waals surface area contributed by atoms with Crippen molar-refractivity contribution in [2.45, 2.75) is 18.0 Å². The smallest absolute Gasteiger partial charge is 0.368 e. The third kappa shape index (κ3) is 5.35. The summed E-state index contributed by atoms with van der Waals surface area (Å²) in [5.41, 5.74) is 2.31. The third-order valence-electron chi connectivity index (χ3n) is 4.59. The zero-order chi connectivity index (χ0) is 20.3. The Kier molecular flexibility index (Phi) is 6.45. The lowest BCUT2D eigenvalue weighted by Gasteiger charge is -2.36. The summed E-state index contributed by atoms with van der Waals surface area (Å²) in [6, 6.07) is 12.4. The number of nitrogens with zero attached hydrogens (tertiary/aromatic N) is 2. The molecule has 1 amide bonds. The van der Waals surface area contributed by atoms with Crippen molar-refractivity contribution in [1.29, 1.82) is 0 Å². The van der Waals surface area contributed by atoms with E-state index >= 15 is 0 Å². The van der Waals surface area contributed by atoms with Gasteiger partial charge in [-0.05, 0) is 48.9 Å². The molecular weight excluding hydrogens is 409 g/mol. The molecule has 0 spiro atoms. The van der Waals surface area contributed by atoms with Crippen LogP contribution >= 0.6 is 23.4 Å². The Labute approximate surface area is 171 Å². The van der Waals surface area contributed by atoms with E-state index in [1.54, 1.807) is 29.2 Å². The average Bonchev–Trinajstić information content (AvgIpc) is 2.67. The highest BCUT2D eigenvalue weighted by atomic mass is 35.5. The number of aryl methyl sites for hydroxylation is 1. The van der Waals surface area contributed by atoms with E-state index in [4.69, 9.17) is 11.6 Å². The van der Waals surface area contributed by atoms with E-state index in [2.05, 4.69) is 4.90 Å². The number of hydrogen-bond acceptors (Lipinski definition) is 3. The van der Waals surface area contributed by atoms with Crippen LogP contribution in [0.2, 0.25) is 5.02 Å². The molecule has 2 aromatic carbocycles. The van der Waals surface area contributed by atoms with Gasteiger partial charge >= 0.3 is 6.18 Å². The third-order valence-corrected chi connectivity index (χ3v) is 6.06. The predicted molar refractivity (Wildman–Crippen MR) is 108 cm³/mol. The van der Waals surface area contributed by atoms with Gasteiger partial charge in [0, 0.05) is 47.3 Å². The van der Waals surface area contributed by atoms with Gasteiger partial charge in [0.1, 0.15) is 0 Å². The number of rotatable bonds is 4. The van der Waals surface area contributed by atoms with Gasteiger partial charge in [-0.3, -0.25) is 4.79 Å². The summed E-state index contributed by atoms with van der Waals surface area (Å²) in [5, 5.41) is 0.583. The van der Waals surface area contributed by atoms with E-state index < -0.39 is 11.9 Å². The maximum absolute atomic E-state index is 12.6. The van der Waals surface area contributed by atoms with E-state index in [1.165, 1.54) is 0 Å².